The molecule has 0 saturated carbocycles. The van der Waals surface area contributed by atoms with Crippen molar-refractivity contribution >= 4 is 6.29 Å². The van der Waals surface area contributed by atoms with E-state index in [0.717, 1.165) is 17.5 Å². The Morgan fingerprint density at radius 1 is 1.38 bits per heavy atom. The Bertz CT molecular complexity index is 433. The summed E-state index contributed by atoms with van der Waals surface area (Å²) < 4.78 is 0. The Labute approximate surface area is 120 Å². The van der Waals surface area contributed by atoms with E-state index in [1.807, 2.05) is 12.1 Å². The number of hydrogen-bond acceptors (Lipinski definition) is 3. The zero-order valence-electron chi connectivity index (χ0n) is 8.97. The van der Waals surface area contributed by atoms with Crippen LogP contribution in [0.5, 0.6) is 0 Å². The Morgan fingerprint density at radius 3 is 2.69 bits per heavy atom. The summed E-state index contributed by atoms with van der Waals surface area (Å²) in [5.41, 5.74) is 1.92. The number of aldehydes is 1. The predicted molar refractivity (Wildman–Crippen MR) is 60.1 cm³/mol. The minimum Gasteiger partial charge on any atom is -0.358 e. The van der Waals surface area contributed by atoms with Gasteiger partial charge in [-0.1, -0.05) is 0 Å². The van der Waals surface area contributed by atoms with Crippen molar-refractivity contribution in [3.63, 3.8) is 0 Å². The first kappa shape index (κ1) is 15.1. The van der Waals surface area contributed by atoms with E-state index in [2.05, 4.69) is 15.0 Å². The van der Waals surface area contributed by atoms with Crippen LogP contribution in [0, 0.1) is 38.5 Å². The van der Waals surface area contributed by atoms with E-state index in [1.54, 1.807) is 18.6 Å². The minimum absolute atomic E-state index is 0. The zero-order chi connectivity index (χ0) is 9.80. The van der Waals surface area contributed by atoms with Crippen LogP contribution in [-0.2, 0) is 11.2 Å². The van der Waals surface area contributed by atoms with Gasteiger partial charge in [0, 0.05) is 50.5 Å². The van der Waals surface area contributed by atoms with Crippen molar-refractivity contribution in [2.45, 2.75) is 6.42 Å². The number of aromatic nitrogens is 3. The molecule has 0 aromatic carbocycles. The van der Waals surface area contributed by atoms with Crippen LogP contribution >= 0.6 is 0 Å². The van der Waals surface area contributed by atoms with Crippen LogP contribution in [0.15, 0.2) is 30.7 Å². The monoisotopic (exact) mass is 442 g/mol. The molecule has 0 spiro atoms. The van der Waals surface area contributed by atoms with Gasteiger partial charge in [-0.05, 0) is 12.1 Å². The van der Waals surface area contributed by atoms with Gasteiger partial charge in [0.25, 0.3) is 0 Å². The van der Waals surface area contributed by atoms with Gasteiger partial charge in [0.2, 0.25) is 0 Å². The van der Waals surface area contributed by atoms with Crippen molar-refractivity contribution in [2.75, 3.05) is 0 Å². The molecule has 0 unspecified atom stereocenters. The molecule has 0 saturated heterocycles. The molecular weight excluding hydrogens is 428 g/mol. The fourth-order valence-electron chi connectivity index (χ4n) is 1.22. The van der Waals surface area contributed by atoms with Crippen LogP contribution in [0.4, 0.5) is 0 Å². The number of nitrogens with zero attached hydrogens (tertiary/aromatic N) is 2. The zero-order valence-corrected chi connectivity index (χ0v) is 13.1. The third-order valence-corrected chi connectivity index (χ3v) is 1.90. The van der Waals surface area contributed by atoms with Gasteiger partial charge in [-0.3, -0.25) is 4.98 Å². The quantitative estimate of drug-likeness (QED) is 0.584. The molecule has 2 rings (SSSR count). The molecule has 0 amide bonds. The Hall–Kier alpha value is -0.918. The van der Waals surface area contributed by atoms with Gasteiger partial charge in [0.15, 0.2) is 0 Å². The first-order chi connectivity index (χ1) is 6.90. The van der Waals surface area contributed by atoms with Gasteiger partial charge in [0.1, 0.15) is 12.1 Å². The normalized spacial score (nSPS) is 8.75. The molecule has 0 fully saturated rings. The number of aromatic amines is 1. The third kappa shape index (κ3) is 3.58. The third-order valence-electron chi connectivity index (χ3n) is 1.90. The maximum absolute atomic E-state index is 10.3. The summed E-state index contributed by atoms with van der Waals surface area (Å²) in [6.07, 6.45) is 6.31. The van der Waals surface area contributed by atoms with Gasteiger partial charge in [-0.25, -0.2) is 4.98 Å². The molecule has 5 heteroatoms. The fourth-order valence-corrected chi connectivity index (χ4v) is 1.22. The molecule has 84 valence electrons. The molecule has 2 heterocycles. The van der Waals surface area contributed by atoms with E-state index in [0.29, 0.717) is 12.2 Å². The van der Waals surface area contributed by atoms with E-state index in [4.69, 9.17) is 0 Å². The summed E-state index contributed by atoms with van der Waals surface area (Å²) in [7, 11) is 0. The van der Waals surface area contributed by atoms with Crippen molar-refractivity contribution in [1.29, 1.82) is 0 Å². The number of H-pyrrole nitrogens is 1. The number of nitrogens with one attached hydrogen (secondary N) is 1. The maximum atomic E-state index is 10.3. The van der Waals surface area contributed by atoms with E-state index in [9.17, 15) is 4.79 Å². The molecule has 0 atom stereocenters. The van der Waals surface area contributed by atoms with E-state index in [-0.39, 0.29) is 40.0 Å². The van der Waals surface area contributed by atoms with E-state index >= 15 is 0 Å². The molecule has 0 aliphatic heterocycles. The molecular formula is C11H14N3OU-. The van der Waals surface area contributed by atoms with Gasteiger partial charge in [-0.2, -0.15) is 0 Å². The summed E-state index contributed by atoms with van der Waals surface area (Å²) >= 11 is 0. The number of carbonyl (C=O) groups is 1. The minimum atomic E-state index is 0. The molecule has 4 nitrogen and oxygen atoms in total. The predicted octanol–water partition coefficient (Wildman–Crippen LogP) is 1.91. The first-order valence-corrected chi connectivity index (χ1v) is 4.28. The van der Waals surface area contributed by atoms with Crippen LogP contribution < -0.4 is 0 Å². The number of imidazole rings is 1. The maximum Gasteiger partial charge on any atom is 0.127 e. The van der Waals surface area contributed by atoms with Crippen LogP contribution in [0.3, 0.4) is 0 Å². The molecule has 0 aliphatic rings. The Kier molecular flexibility index (Phi) is 6.95. The van der Waals surface area contributed by atoms with Gasteiger partial charge in [0.05, 0.1) is 18.3 Å². The summed E-state index contributed by atoms with van der Waals surface area (Å²) in [6, 6.07) is 3.77. The average molecular weight is 442 g/mol. The molecule has 0 radical (unpaired) electrons. The van der Waals surface area contributed by atoms with Crippen LogP contribution in [0.1, 0.15) is 7.25 Å². The van der Waals surface area contributed by atoms with Crippen molar-refractivity contribution in [3.8, 4) is 11.3 Å². The smallest absolute Gasteiger partial charge is 0.127 e. The summed E-state index contributed by atoms with van der Waals surface area (Å²) in [5, 5.41) is 0. The van der Waals surface area contributed by atoms with Crippen molar-refractivity contribution < 1.29 is 37.3 Å². The second kappa shape index (κ2) is 7.37. The van der Waals surface area contributed by atoms with Crippen LogP contribution in [0.25, 0.3) is 11.3 Å². The summed E-state index contributed by atoms with van der Waals surface area (Å²) in [4.78, 5) is 21.3. The van der Waals surface area contributed by atoms with E-state index < -0.39 is 0 Å². The summed E-state index contributed by atoms with van der Waals surface area (Å²) in [5.74, 6) is 0.687. The molecule has 1 N–H and O–H groups in total. The molecule has 0 bridgehead atoms. The molecule has 0 aliphatic carbocycles. The van der Waals surface area contributed by atoms with Crippen LogP contribution in [0.2, 0.25) is 0 Å². The standard InChI is InChI=1S/C10H9N3O.CH3.U.H2/c14-6-3-10-12-7-9(13-10)8-1-4-11-5-2-8;;;/h1-2,4-7H,3H2,(H,12,13);1H3;;1H/q;-1;;. The van der Waals surface area contributed by atoms with Gasteiger partial charge < -0.3 is 17.2 Å². The van der Waals surface area contributed by atoms with Gasteiger partial charge >= 0.3 is 0 Å². The number of pyridine rings is 1. The fraction of sp³-hybridized carbons (Fsp3) is 0.0909. The van der Waals surface area contributed by atoms with Crippen molar-refractivity contribution in [3.05, 3.63) is 44.0 Å². The second-order valence-corrected chi connectivity index (χ2v) is 2.85. The average Bonchev–Trinajstić information content (AvgIpc) is 2.68. The second-order valence-electron chi connectivity index (χ2n) is 2.85. The number of rotatable bonds is 3. The number of hydrogen-bond donors (Lipinski definition) is 1. The number of carbonyl (C=O) groups excluding carboxylic acids is 1. The summed E-state index contributed by atoms with van der Waals surface area (Å²) in [6.45, 7) is 0. The molecule has 2 aromatic rings. The topological polar surface area (TPSA) is 58.6 Å². The Balaban J connectivity index is 0. The Morgan fingerprint density at radius 2 is 2.06 bits per heavy atom. The largest absolute Gasteiger partial charge is 0.358 e. The SMILES string of the molecule is O=CCc1ncc(-c2ccncc2)[nH]1.[CH3-].[HH].[U]. The molecule has 16 heavy (non-hydrogen) atoms. The van der Waals surface area contributed by atoms with Crippen LogP contribution in [-0.4, -0.2) is 21.2 Å². The first-order valence-electron chi connectivity index (χ1n) is 4.28. The van der Waals surface area contributed by atoms with Crippen molar-refractivity contribution in [1.82, 2.24) is 15.0 Å². The van der Waals surface area contributed by atoms with Gasteiger partial charge in [-0.15, -0.1) is 0 Å². The van der Waals surface area contributed by atoms with Crippen molar-refractivity contribution in [2.24, 2.45) is 0 Å². The van der Waals surface area contributed by atoms with E-state index in [1.165, 1.54) is 0 Å². The molecule has 2 aromatic heterocycles.